The van der Waals surface area contributed by atoms with E-state index in [0.717, 1.165) is 6.07 Å². The first kappa shape index (κ1) is 15.5. The molecule has 0 aliphatic heterocycles. The summed E-state index contributed by atoms with van der Waals surface area (Å²) in [6, 6.07) is 3.39. The number of hydrogen-bond acceptors (Lipinski definition) is 3. The fourth-order valence-corrected chi connectivity index (χ4v) is 2.05. The molecule has 2 aromatic rings. The highest BCUT2D eigenvalue weighted by Crippen LogP contribution is 2.36. The number of rotatable bonds is 3. The fourth-order valence-electron chi connectivity index (χ4n) is 2.05. The second kappa shape index (κ2) is 5.47. The predicted molar refractivity (Wildman–Crippen MR) is 78.6 cm³/mol. The molecule has 5 heteroatoms. The van der Waals surface area contributed by atoms with E-state index in [2.05, 4.69) is 32.9 Å². The van der Waals surface area contributed by atoms with E-state index in [1.807, 2.05) is 0 Å². The molecule has 0 amide bonds. The second-order valence-corrected chi connectivity index (χ2v) is 6.46. The van der Waals surface area contributed by atoms with Crippen molar-refractivity contribution in [2.24, 2.45) is 11.3 Å². The zero-order valence-electron chi connectivity index (χ0n) is 12.7. The molecule has 0 fully saturated rings. The van der Waals surface area contributed by atoms with Crippen LogP contribution in [-0.4, -0.2) is 5.16 Å². The standard InChI is InChI=1S/C16H20F2N2O/c1-9(16(2,3)4)7-13-14(15(19)21-20-13)11-6-5-10(17)8-12(11)18/h5-6,8-9H,7,19H2,1-4H3. The minimum atomic E-state index is -0.672. The molecule has 0 radical (unpaired) electrons. The van der Waals surface area contributed by atoms with E-state index < -0.39 is 11.6 Å². The molecule has 0 bridgehead atoms. The molecule has 0 saturated heterocycles. The lowest BCUT2D eigenvalue weighted by Crippen LogP contribution is -2.19. The van der Waals surface area contributed by atoms with Crippen molar-refractivity contribution < 1.29 is 13.3 Å². The maximum absolute atomic E-state index is 14.0. The Morgan fingerprint density at radius 2 is 1.95 bits per heavy atom. The van der Waals surface area contributed by atoms with Gasteiger partial charge in [-0.15, -0.1) is 0 Å². The molecule has 21 heavy (non-hydrogen) atoms. The van der Waals surface area contributed by atoms with Gasteiger partial charge in [-0.25, -0.2) is 8.78 Å². The van der Waals surface area contributed by atoms with Crippen LogP contribution >= 0.6 is 0 Å². The number of halogens is 2. The summed E-state index contributed by atoms with van der Waals surface area (Å²) in [5.41, 5.74) is 7.08. The minimum absolute atomic E-state index is 0.0524. The number of nitrogens with zero attached hydrogens (tertiary/aromatic N) is 1. The molecule has 1 aromatic heterocycles. The molecule has 1 heterocycles. The molecule has 0 spiro atoms. The Bertz CT molecular complexity index is 644. The van der Waals surface area contributed by atoms with Gasteiger partial charge >= 0.3 is 0 Å². The Hall–Kier alpha value is -1.91. The van der Waals surface area contributed by atoms with Crippen LogP contribution in [-0.2, 0) is 6.42 Å². The first-order valence-electron chi connectivity index (χ1n) is 6.89. The van der Waals surface area contributed by atoms with E-state index >= 15 is 0 Å². The Kier molecular flexibility index (Phi) is 4.03. The molecule has 2 rings (SSSR count). The SMILES string of the molecule is CC(Cc1noc(N)c1-c1ccc(F)cc1F)C(C)(C)C. The van der Waals surface area contributed by atoms with Crippen LogP contribution < -0.4 is 5.73 Å². The molecule has 1 unspecified atom stereocenters. The average molecular weight is 294 g/mol. The summed E-state index contributed by atoms with van der Waals surface area (Å²) < 4.78 is 32.0. The molecule has 0 saturated carbocycles. The Morgan fingerprint density at radius 1 is 1.29 bits per heavy atom. The van der Waals surface area contributed by atoms with E-state index in [1.165, 1.54) is 12.1 Å². The quantitative estimate of drug-likeness (QED) is 0.911. The zero-order valence-corrected chi connectivity index (χ0v) is 12.7. The summed E-state index contributed by atoms with van der Waals surface area (Å²) in [6.07, 6.45) is 0.607. The largest absolute Gasteiger partial charge is 0.367 e. The first-order chi connectivity index (χ1) is 9.70. The highest BCUT2D eigenvalue weighted by Gasteiger charge is 2.26. The van der Waals surface area contributed by atoms with Crippen molar-refractivity contribution in [2.45, 2.75) is 34.1 Å². The molecule has 0 aliphatic rings. The van der Waals surface area contributed by atoms with Crippen LogP contribution in [0.3, 0.4) is 0 Å². The molecule has 114 valence electrons. The molecular weight excluding hydrogens is 274 g/mol. The molecule has 1 aromatic carbocycles. The summed E-state index contributed by atoms with van der Waals surface area (Å²) >= 11 is 0. The number of nitrogen functional groups attached to an aromatic ring is 1. The van der Waals surface area contributed by atoms with E-state index in [-0.39, 0.29) is 16.9 Å². The van der Waals surface area contributed by atoms with Crippen molar-refractivity contribution in [2.75, 3.05) is 5.73 Å². The highest BCUT2D eigenvalue weighted by molar-refractivity contribution is 5.75. The van der Waals surface area contributed by atoms with Crippen LogP contribution in [0.25, 0.3) is 11.1 Å². The lowest BCUT2D eigenvalue weighted by molar-refractivity contribution is 0.255. The number of nitrogens with two attached hydrogens (primary N) is 1. The van der Waals surface area contributed by atoms with Gasteiger partial charge in [-0.2, -0.15) is 0 Å². The van der Waals surface area contributed by atoms with Crippen molar-refractivity contribution in [3.8, 4) is 11.1 Å². The summed E-state index contributed by atoms with van der Waals surface area (Å²) in [5.74, 6) is -0.952. The Morgan fingerprint density at radius 3 is 2.52 bits per heavy atom. The number of anilines is 1. The lowest BCUT2D eigenvalue weighted by atomic mass is 9.79. The van der Waals surface area contributed by atoms with E-state index in [4.69, 9.17) is 10.3 Å². The minimum Gasteiger partial charge on any atom is -0.367 e. The first-order valence-corrected chi connectivity index (χ1v) is 6.89. The van der Waals surface area contributed by atoms with Gasteiger partial charge in [0.05, 0.1) is 11.3 Å². The van der Waals surface area contributed by atoms with Gasteiger partial charge in [0.25, 0.3) is 0 Å². The van der Waals surface area contributed by atoms with Crippen LogP contribution in [0.2, 0.25) is 0 Å². The van der Waals surface area contributed by atoms with Gasteiger partial charge < -0.3 is 10.3 Å². The van der Waals surface area contributed by atoms with Crippen molar-refractivity contribution in [1.29, 1.82) is 0 Å². The van der Waals surface area contributed by atoms with Gasteiger partial charge in [-0.1, -0.05) is 32.9 Å². The van der Waals surface area contributed by atoms with Crippen molar-refractivity contribution in [3.05, 3.63) is 35.5 Å². The Labute approximate surface area is 123 Å². The zero-order chi connectivity index (χ0) is 15.8. The maximum Gasteiger partial charge on any atom is 0.230 e. The van der Waals surface area contributed by atoms with E-state index in [0.29, 0.717) is 23.6 Å². The number of benzene rings is 1. The van der Waals surface area contributed by atoms with Crippen LogP contribution in [0.1, 0.15) is 33.4 Å². The van der Waals surface area contributed by atoms with Crippen LogP contribution in [0.5, 0.6) is 0 Å². The van der Waals surface area contributed by atoms with Gasteiger partial charge in [0.15, 0.2) is 0 Å². The number of aromatic nitrogens is 1. The summed E-state index contributed by atoms with van der Waals surface area (Å²) in [4.78, 5) is 0. The summed E-state index contributed by atoms with van der Waals surface area (Å²) in [5, 5.41) is 3.95. The van der Waals surface area contributed by atoms with E-state index in [1.54, 1.807) is 0 Å². The predicted octanol–water partition coefficient (Wildman–Crippen LogP) is 4.43. The molecule has 0 aliphatic carbocycles. The Balaban J connectivity index is 2.43. The van der Waals surface area contributed by atoms with Gasteiger partial charge in [0, 0.05) is 11.6 Å². The van der Waals surface area contributed by atoms with Gasteiger partial charge in [-0.3, -0.25) is 0 Å². The summed E-state index contributed by atoms with van der Waals surface area (Å²) in [6.45, 7) is 8.47. The third kappa shape index (κ3) is 3.23. The molecular formula is C16H20F2N2O. The third-order valence-electron chi connectivity index (χ3n) is 3.97. The topological polar surface area (TPSA) is 52.0 Å². The van der Waals surface area contributed by atoms with Crippen LogP contribution in [0.15, 0.2) is 22.7 Å². The van der Waals surface area contributed by atoms with Crippen LogP contribution in [0.4, 0.5) is 14.7 Å². The molecule has 1 atom stereocenters. The smallest absolute Gasteiger partial charge is 0.230 e. The molecule has 3 nitrogen and oxygen atoms in total. The second-order valence-electron chi connectivity index (χ2n) is 6.46. The normalized spacial score (nSPS) is 13.4. The van der Waals surface area contributed by atoms with Crippen molar-refractivity contribution >= 4 is 5.88 Å². The van der Waals surface area contributed by atoms with Gasteiger partial charge in [0.2, 0.25) is 5.88 Å². The van der Waals surface area contributed by atoms with Gasteiger partial charge in [0.1, 0.15) is 11.6 Å². The lowest BCUT2D eigenvalue weighted by Gasteiger charge is -2.26. The molecule has 2 N–H and O–H groups in total. The van der Waals surface area contributed by atoms with Crippen molar-refractivity contribution in [1.82, 2.24) is 5.16 Å². The maximum atomic E-state index is 14.0. The van der Waals surface area contributed by atoms with E-state index in [9.17, 15) is 8.78 Å². The van der Waals surface area contributed by atoms with Crippen molar-refractivity contribution in [3.63, 3.8) is 0 Å². The highest BCUT2D eigenvalue weighted by atomic mass is 19.1. The van der Waals surface area contributed by atoms with Crippen LogP contribution in [0, 0.1) is 23.0 Å². The van der Waals surface area contributed by atoms with Gasteiger partial charge in [-0.05, 0) is 29.9 Å². The fraction of sp³-hybridized carbons (Fsp3) is 0.438. The average Bonchev–Trinajstić information content (AvgIpc) is 2.70. The monoisotopic (exact) mass is 294 g/mol. The third-order valence-corrected chi connectivity index (χ3v) is 3.97. The summed E-state index contributed by atoms with van der Waals surface area (Å²) in [7, 11) is 0. The number of hydrogen-bond donors (Lipinski definition) is 1.